The molecular formula is C14H14O2Si. The fraction of sp³-hybridized carbons (Fsp3) is 0.214. The van der Waals surface area contributed by atoms with E-state index in [9.17, 15) is 4.79 Å². The normalized spacial score (nSPS) is 17.6. The van der Waals surface area contributed by atoms with Crippen molar-refractivity contribution in [2.75, 3.05) is 0 Å². The minimum absolute atomic E-state index is 0.139. The number of rotatable bonds is 0. The highest BCUT2D eigenvalue weighted by atomic mass is 28.4. The summed E-state index contributed by atoms with van der Waals surface area (Å²) in [6.45, 7) is 4.17. The van der Waals surface area contributed by atoms with Crippen LogP contribution in [-0.2, 0) is 10.5 Å². The standard InChI is InChI=1S/C14H14O2Si/c1-17(2)9-11-8-7-10-5-3-4-6-12(10)13(11)14(15)16-17/h3-8H,9H2,1-2H3. The van der Waals surface area contributed by atoms with Crippen molar-refractivity contribution >= 4 is 25.1 Å². The lowest BCUT2D eigenvalue weighted by Crippen LogP contribution is -2.41. The van der Waals surface area contributed by atoms with Crippen molar-refractivity contribution in [3.05, 3.63) is 47.5 Å². The van der Waals surface area contributed by atoms with E-state index >= 15 is 0 Å². The molecule has 1 aliphatic heterocycles. The van der Waals surface area contributed by atoms with Gasteiger partial charge < -0.3 is 4.43 Å². The molecule has 0 radical (unpaired) electrons. The lowest BCUT2D eigenvalue weighted by Gasteiger charge is -2.29. The van der Waals surface area contributed by atoms with Gasteiger partial charge in [-0.15, -0.1) is 0 Å². The van der Waals surface area contributed by atoms with Crippen LogP contribution in [0.3, 0.4) is 0 Å². The minimum Gasteiger partial charge on any atom is -0.516 e. The van der Waals surface area contributed by atoms with Crippen molar-refractivity contribution in [1.29, 1.82) is 0 Å². The molecule has 0 saturated carbocycles. The summed E-state index contributed by atoms with van der Waals surface area (Å²) in [5.74, 6) is -0.139. The second-order valence-electron chi connectivity index (χ2n) is 5.15. The number of carbonyl (C=O) groups is 1. The van der Waals surface area contributed by atoms with E-state index < -0.39 is 8.32 Å². The summed E-state index contributed by atoms with van der Waals surface area (Å²) in [4.78, 5) is 12.1. The molecule has 0 spiro atoms. The Labute approximate surface area is 101 Å². The van der Waals surface area contributed by atoms with E-state index in [0.717, 1.165) is 27.9 Å². The predicted octanol–water partition coefficient (Wildman–Crippen LogP) is 3.30. The zero-order valence-corrected chi connectivity index (χ0v) is 11.0. The molecule has 1 heterocycles. The van der Waals surface area contributed by atoms with E-state index in [2.05, 4.69) is 25.2 Å². The molecule has 3 heteroatoms. The quantitative estimate of drug-likeness (QED) is 0.663. The molecule has 17 heavy (non-hydrogen) atoms. The smallest absolute Gasteiger partial charge is 0.325 e. The van der Waals surface area contributed by atoms with Crippen LogP contribution in [-0.4, -0.2) is 14.3 Å². The average molecular weight is 242 g/mol. The van der Waals surface area contributed by atoms with Crippen molar-refractivity contribution in [1.82, 2.24) is 0 Å². The highest BCUT2D eigenvalue weighted by Crippen LogP contribution is 2.30. The Kier molecular flexibility index (Phi) is 2.13. The van der Waals surface area contributed by atoms with Crippen molar-refractivity contribution in [2.45, 2.75) is 19.1 Å². The van der Waals surface area contributed by atoms with E-state index in [-0.39, 0.29) is 5.97 Å². The van der Waals surface area contributed by atoms with Gasteiger partial charge in [0.05, 0.1) is 5.56 Å². The number of benzene rings is 2. The van der Waals surface area contributed by atoms with Crippen LogP contribution in [0.2, 0.25) is 13.1 Å². The second kappa shape index (κ2) is 3.44. The first-order valence-corrected chi connectivity index (χ1v) is 8.92. The van der Waals surface area contributed by atoms with Crippen molar-refractivity contribution in [2.24, 2.45) is 0 Å². The topological polar surface area (TPSA) is 26.3 Å². The highest BCUT2D eigenvalue weighted by Gasteiger charge is 2.35. The number of carbonyl (C=O) groups excluding carboxylic acids is 1. The van der Waals surface area contributed by atoms with Gasteiger partial charge in [0.2, 0.25) is 0 Å². The first kappa shape index (κ1) is 10.5. The first-order chi connectivity index (χ1) is 8.07. The average Bonchev–Trinajstić information content (AvgIpc) is 2.26. The van der Waals surface area contributed by atoms with Crippen LogP contribution in [0, 0.1) is 0 Å². The largest absolute Gasteiger partial charge is 0.516 e. The SMILES string of the molecule is C[Si]1(C)Cc2ccc3ccccc3c2C(=O)O1. The molecule has 0 fully saturated rings. The molecule has 0 unspecified atom stereocenters. The zero-order chi connectivity index (χ0) is 12.0. The predicted molar refractivity (Wildman–Crippen MR) is 70.5 cm³/mol. The zero-order valence-electron chi connectivity index (χ0n) is 9.99. The van der Waals surface area contributed by atoms with Gasteiger partial charge in [0.1, 0.15) is 0 Å². The molecule has 2 aromatic carbocycles. The van der Waals surface area contributed by atoms with E-state index in [0.29, 0.717) is 0 Å². The van der Waals surface area contributed by atoms with Crippen LogP contribution >= 0.6 is 0 Å². The number of hydrogen-bond acceptors (Lipinski definition) is 2. The van der Waals surface area contributed by atoms with Gasteiger partial charge in [-0.2, -0.15) is 0 Å². The van der Waals surface area contributed by atoms with Gasteiger partial charge in [-0.1, -0.05) is 36.4 Å². The Morgan fingerprint density at radius 1 is 1.12 bits per heavy atom. The molecule has 0 aromatic heterocycles. The molecular weight excluding hydrogens is 228 g/mol. The van der Waals surface area contributed by atoms with E-state index in [1.165, 1.54) is 0 Å². The van der Waals surface area contributed by atoms with Gasteiger partial charge in [0.25, 0.3) is 8.32 Å². The maximum atomic E-state index is 12.1. The Balaban J connectivity index is 2.31. The molecule has 0 atom stereocenters. The summed E-state index contributed by atoms with van der Waals surface area (Å²) in [6, 6.07) is 13.1. The van der Waals surface area contributed by atoms with Crippen LogP contribution < -0.4 is 0 Å². The van der Waals surface area contributed by atoms with Gasteiger partial charge in [-0.25, -0.2) is 4.79 Å². The minimum atomic E-state index is -1.84. The van der Waals surface area contributed by atoms with Crippen molar-refractivity contribution in [3.63, 3.8) is 0 Å². The Hall–Kier alpha value is -1.61. The molecule has 2 aromatic rings. The van der Waals surface area contributed by atoms with Gasteiger partial charge >= 0.3 is 5.97 Å². The van der Waals surface area contributed by atoms with E-state index in [1.807, 2.05) is 24.3 Å². The van der Waals surface area contributed by atoms with Crippen LogP contribution in [0.4, 0.5) is 0 Å². The summed E-state index contributed by atoms with van der Waals surface area (Å²) < 4.78 is 5.61. The lowest BCUT2D eigenvalue weighted by atomic mass is 10.00. The van der Waals surface area contributed by atoms with Crippen LogP contribution in [0.5, 0.6) is 0 Å². The molecule has 2 nitrogen and oxygen atoms in total. The van der Waals surface area contributed by atoms with Gasteiger partial charge in [0, 0.05) is 6.04 Å². The van der Waals surface area contributed by atoms with Gasteiger partial charge in [0.15, 0.2) is 0 Å². The van der Waals surface area contributed by atoms with E-state index in [4.69, 9.17) is 4.43 Å². The lowest BCUT2D eigenvalue weighted by molar-refractivity contribution is 0.0714. The monoisotopic (exact) mass is 242 g/mol. The summed E-state index contributed by atoms with van der Waals surface area (Å²) in [5, 5.41) is 2.11. The maximum Gasteiger partial charge on any atom is 0.325 e. The fourth-order valence-electron chi connectivity index (χ4n) is 2.50. The summed E-state index contributed by atoms with van der Waals surface area (Å²) >= 11 is 0. The maximum absolute atomic E-state index is 12.1. The number of fused-ring (bicyclic) bond motifs is 3. The molecule has 0 amide bonds. The van der Waals surface area contributed by atoms with Crippen LogP contribution in [0.15, 0.2) is 36.4 Å². The Bertz CT molecular complexity index is 617. The fourth-order valence-corrected chi connectivity index (χ4v) is 4.39. The highest BCUT2D eigenvalue weighted by molar-refractivity contribution is 6.73. The second-order valence-corrected chi connectivity index (χ2v) is 9.22. The van der Waals surface area contributed by atoms with Crippen molar-refractivity contribution < 1.29 is 9.22 Å². The first-order valence-electron chi connectivity index (χ1n) is 5.81. The Morgan fingerprint density at radius 2 is 1.88 bits per heavy atom. The third-order valence-electron chi connectivity index (χ3n) is 3.20. The molecule has 0 bridgehead atoms. The Morgan fingerprint density at radius 3 is 2.71 bits per heavy atom. The number of hydrogen-bond donors (Lipinski definition) is 0. The summed E-state index contributed by atoms with van der Waals surface area (Å²) in [7, 11) is -1.84. The molecule has 0 saturated heterocycles. The summed E-state index contributed by atoms with van der Waals surface area (Å²) in [6.07, 6.45) is 0. The van der Waals surface area contributed by atoms with Crippen molar-refractivity contribution in [3.8, 4) is 0 Å². The molecule has 86 valence electrons. The molecule has 0 N–H and O–H groups in total. The molecule has 0 aliphatic carbocycles. The van der Waals surface area contributed by atoms with Crippen LogP contribution in [0.25, 0.3) is 10.8 Å². The molecule has 3 rings (SSSR count). The van der Waals surface area contributed by atoms with Crippen LogP contribution in [0.1, 0.15) is 15.9 Å². The van der Waals surface area contributed by atoms with Gasteiger partial charge in [-0.05, 0) is 29.4 Å². The third kappa shape index (κ3) is 1.67. The molecule has 1 aliphatic rings. The summed E-state index contributed by atoms with van der Waals surface area (Å²) in [5.41, 5.74) is 1.92. The third-order valence-corrected chi connectivity index (χ3v) is 5.17. The van der Waals surface area contributed by atoms with Gasteiger partial charge in [-0.3, -0.25) is 0 Å². The van der Waals surface area contributed by atoms with E-state index in [1.54, 1.807) is 0 Å².